The van der Waals surface area contributed by atoms with E-state index in [0.717, 1.165) is 11.1 Å². The lowest BCUT2D eigenvalue weighted by Gasteiger charge is -2.06. The van der Waals surface area contributed by atoms with Crippen LogP contribution in [0.25, 0.3) is 11.1 Å². The summed E-state index contributed by atoms with van der Waals surface area (Å²) in [6, 6.07) is 16.7. The Balaban J connectivity index is 2.32. The fourth-order valence-corrected chi connectivity index (χ4v) is 2.77. The SMILES string of the molecule is CCNS(=O)(=O)c1ccc(-c2ccccc2)cc1. The second-order valence-corrected chi connectivity index (χ2v) is 5.66. The first-order chi connectivity index (χ1) is 8.63. The van der Waals surface area contributed by atoms with E-state index in [-0.39, 0.29) is 0 Å². The van der Waals surface area contributed by atoms with E-state index >= 15 is 0 Å². The molecule has 0 bridgehead atoms. The molecular formula is C14H15NO2S. The van der Waals surface area contributed by atoms with Crippen molar-refractivity contribution in [2.75, 3.05) is 6.54 Å². The summed E-state index contributed by atoms with van der Waals surface area (Å²) < 4.78 is 26.0. The Morgan fingerprint density at radius 3 is 2.00 bits per heavy atom. The minimum absolute atomic E-state index is 0.295. The number of hydrogen-bond acceptors (Lipinski definition) is 2. The summed E-state index contributed by atoms with van der Waals surface area (Å²) in [6.07, 6.45) is 0. The van der Waals surface area contributed by atoms with E-state index < -0.39 is 10.0 Å². The molecule has 1 N–H and O–H groups in total. The second-order valence-electron chi connectivity index (χ2n) is 3.89. The first-order valence-electron chi connectivity index (χ1n) is 5.78. The molecule has 0 fully saturated rings. The van der Waals surface area contributed by atoms with Gasteiger partial charge in [0.05, 0.1) is 4.90 Å². The summed E-state index contributed by atoms with van der Waals surface area (Å²) in [7, 11) is -3.36. The first-order valence-corrected chi connectivity index (χ1v) is 7.27. The molecule has 2 aromatic carbocycles. The summed E-state index contributed by atoms with van der Waals surface area (Å²) >= 11 is 0. The van der Waals surface area contributed by atoms with Crippen LogP contribution >= 0.6 is 0 Å². The summed E-state index contributed by atoms with van der Waals surface area (Å²) in [5.74, 6) is 0. The highest BCUT2D eigenvalue weighted by molar-refractivity contribution is 7.89. The maximum absolute atomic E-state index is 11.8. The molecule has 0 unspecified atom stereocenters. The summed E-state index contributed by atoms with van der Waals surface area (Å²) in [5.41, 5.74) is 2.08. The molecular weight excluding hydrogens is 246 g/mol. The van der Waals surface area contributed by atoms with Crippen molar-refractivity contribution in [3.8, 4) is 11.1 Å². The number of hydrogen-bond donors (Lipinski definition) is 1. The third-order valence-corrected chi connectivity index (χ3v) is 4.17. The third kappa shape index (κ3) is 2.78. The normalized spacial score (nSPS) is 11.4. The standard InChI is InChI=1S/C14H15NO2S/c1-2-15-18(16,17)14-10-8-13(9-11-14)12-6-4-3-5-7-12/h3-11,15H,2H2,1H3. The van der Waals surface area contributed by atoms with Crippen LogP contribution in [-0.2, 0) is 10.0 Å². The Morgan fingerprint density at radius 1 is 0.889 bits per heavy atom. The number of benzene rings is 2. The topological polar surface area (TPSA) is 46.2 Å². The predicted octanol–water partition coefficient (Wildman–Crippen LogP) is 2.65. The molecule has 0 amide bonds. The maximum atomic E-state index is 11.8. The smallest absolute Gasteiger partial charge is 0.211 e. The molecule has 0 saturated carbocycles. The molecule has 0 aromatic heterocycles. The van der Waals surface area contributed by atoms with Gasteiger partial charge in [-0.05, 0) is 23.3 Å². The predicted molar refractivity (Wildman–Crippen MR) is 72.7 cm³/mol. The molecule has 0 radical (unpaired) electrons. The Morgan fingerprint density at radius 2 is 1.44 bits per heavy atom. The molecule has 94 valence electrons. The Hall–Kier alpha value is -1.65. The van der Waals surface area contributed by atoms with Crippen LogP contribution in [0, 0.1) is 0 Å². The summed E-state index contributed by atoms with van der Waals surface area (Å²) in [6.45, 7) is 2.15. The van der Waals surface area contributed by atoms with Crippen LogP contribution in [0.4, 0.5) is 0 Å². The van der Waals surface area contributed by atoms with Gasteiger partial charge in [-0.3, -0.25) is 0 Å². The van der Waals surface area contributed by atoms with Crippen molar-refractivity contribution in [3.05, 3.63) is 54.6 Å². The fourth-order valence-electron chi connectivity index (χ4n) is 1.73. The lowest BCUT2D eigenvalue weighted by atomic mass is 10.1. The van der Waals surface area contributed by atoms with E-state index in [4.69, 9.17) is 0 Å². The van der Waals surface area contributed by atoms with E-state index in [2.05, 4.69) is 4.72 Å². The van der Waals surface area contributed by atoms with Crippen LogP contribution in [0.1, 0.15) is 6.92 Å². The molecule has 0 aliphatic rings. The first kappa shape index (κ1) is 12.8. The molecule has 2 rings (SSSR count). The minimum atomic E-state index is -3.36. The molecule has 0 aliphatic heterocycles. The van der Waals surface area contributed by atoms with Crippen LogP contribution in [0.2, 0.25) is 0 Å². The zero-order valence-corrected chi connectivity index (χ0v) is 10.9. The van der Waals surface area contributed by atoms with Crippen LogP contribution in [-0.4, -0.2) is 15.0 Å². The van der Waals surface area contributed by atoms with Crippen molar-refractivity contribution in [1.29, 1.82) is 0 Å². The Labute approximate surface area is 108 Å². The number of sulfonamides is 1. The molecule has 0 heterocycles. The van der Waals surface area contributed by atoms with E-state index in [1.165, 1.54) is 0 Å². The molecule has 0 saturated heterocycles. The second kappa shape index (κ2) is 5.33. The van der Waals surface area contributed by atoms with Gasteiger partial charge in [-0.15, -0.1) is 0 Å². The van der Waals surface area contributed by atoms with Gasteiger partial charge in [-0.2, -0.15) is 0 Å². The van der Waals surface area contributed by atoms with Gasteiger partial charge in [0.15, 0.2) is 0 Å². The third-order valence-electron chi connectivity index (χ3n) is 2.61. The van der Waals surface area contributed by atoms with Crippen molar-refractivity contribution in [3.63, 3.8) is 0 Å². The van der Waals surface area contributed by atoms with Gasteiger partial charge in [0.1, 0.15) is 0 Å². The molecule has 0 spiro atoms. The molecule has 3 nitrogen and oxygen atoms in total. The zero-order valence-electron chi connectivity index (χ0n) is 10.1. The number of rotatable bonds is 4. The highest BCUT2D eigenvalue weighted by Crippen LogP contribution is 2.20. The summed E-state index contributed by atoms with van der Waals surface area (Å²) in [5, 5.41) is 0. The molecule has 4 heteroatoms. The van der Waals surface area contributed by atoms with E-state index in [0.29, 0.717) is 11.4 Å². The van der Waals surface area contributed by atoms with Crippen LogP contribution in [0.3, 0.4) is 0 Å². The van der Waals surface area contributed by atoms with Crippen molar-refractivity contribution in [2.24, 2.45) is 0 Å². The van der Waals surface area contributed by atoms with Gasteiger partial charge in [-0.25, -0.2) is 13.1 Å². The van der Waals surface area contributed by atoms with E-state index in [1.807, 2.05) is 42.5 Å². The molecule has 0 atom stereocenters. The molecule has 2 aromatic rings. The number of nitrogens with one attached hydrogen (secondary N) is 1. The van der Waals surface area contributed by atoms with Crippen molar-refractivity contribution in [2.45, 2.75) is 11.8 Å². The van der Waals surface area contributed by atoms with Crippen molar-refractivity contribution < 1.29 is 8.42 Å². The van der Waals surface area contributed by atoms with Crippen molar-refractivity contribution in [1.82, 2.24) is 4.72 Å². The van der Waals surface area contributed by atoms with Gasteiger partial charge in [0.25, 0.3) is 0 Å². The summed E-state index contributed by atoms with van der Waals surface area (Å²) in [4.78, 5) is 0.295. The van der Waals surface area contributed by atoms with Crippen LogP contribution in [0.5, 0.6) is 0 Å². The van der Waals surface area contributed by atoms with Crippen LogP contribution in [0.15, 0.2) is 59.5 Å². The van der Waals surface area contributed by atoms with E-state index in [1.54, 1.807) is 19.1 Å². The Kier molecular flexibility index (Phi) is 3.79. The fraction of sp³-hybridized carbons (Fsp3) is 0.143. The average molecular weight is 261 g/mol. The largest absolute Gasteiger partial charge is 0.240 e. The van der Waals surface area contributed by atoms with Gasteiger partial charge in [-0.1, -0.05) is 49.4 Å². The quantitative estimate of drug-likeness (QED) is 0.919. The minimum Gasteiger partial charge on any atom is -0.211 e. The monoisotopic (exact) mass is 261 g/mol. The highest BCUT2D eigenvalue weighted by Gasteiger charge is 2.11. The van der Waals surface area contributed by atoms with Crippen molar-refractivity contribution >= 4 is 10.0 Å². The highest BCUT2D eigenvalue weighted by atomic mass is 32.2. The van der Waals surface area contributed by atoms with Crippen LogP contribution < -0.4 is 4.72 Å². The van der Waals surface area contributed by atoms with Gasteiger partial charge in [0, 0.05) is 6.54 Å². The zero-order chi connectivity index (χ0) is 13.0. The lowest BCUT2D eigenvalue weighted by Crippen LogP contribution is -2.22. The average Bonchev–Trinajstić information content (AvgIpc) is 2.40. The Bertz CT molecular complexity index is 604. The van der Waals surface area contributed by atoms with E-state index in [9.17, 15) is 8.42 Å². The lowest BCUT2D eigenvalue weighted by molar-refractivity contribution is 0.584. The molecule has 18 heavy (non-hydrogen) atoms. The maximum Gasteiger partial charge on any atom is 0.240 e. The molecule has 0 aliphatic carbocycles. The van der Waals surface area contributed by atoms with Gasteiger partial charge < -0.3 is 0 Å². The van der Waals surface area contributed by atoms with Gasteiger partial charge >= 0.3 is 0 Å². The van der Waals surface area contributed by atoms with Gasteiger partial charge in [0.2, 0.25) is 10.0 Å².